The minimum Gasteiger partial charge on any atom is -0.457 e. The number of ketones is 2. The summed E-state index contributed by atoms with van der Waals surface area (Å²) < 4.78 is 16.3. The average molecular weight is 503 g/mol. The van der Waals surface area contributed by atoms with E-state index in [2.05, 4.69) is 6.92 Å². The fraction of sp³-hybridized carbons (Fsp3) is 0.786. The molecule has 0 saturated heterocycles. The monoisotopic (exact) mass is 502 g/mol. The standard InChI is InChI=1S/C28H38O8/c1-4-34-25(33)36-28(22(31)15-35-24(32)16-5-6-16)12-10-20-19-8-7-17-13-18(29)9-11-26(17,2)23(19)21(30)14-27(20,28)3/h13,16,19-21,23,30H,4-12,14-15H2,1-3H3/t19-,20-,21-,23+,26-,27-,28-/m0/s1. The number of hydrogen-bond donors (Lipinski definition) is 1. The van der Waals surface area contributed by atoms with Gasteiger partial charge in [-0.3, -0.25) is 14.4 Å². The van der Waals surface area contributed by atoms with Crippen molar-refractivity contribution in [1.82, 2.24) is 0 Å². The van der Waals surface area contributed by atoms with Gasteiger partial charge in [0.25, 0.3) is 0 Å². The van der Waals surface area contributed by atoms with Crippen LogP contribution in [0.4, 0.5) is 4.79 Å². The molecule has 8 heteroatoms. The lowest BCUT2D eigenvalue weighted by Crippen LogP contribution is -2.63. The highest BCUT2D eigenvalue weighted by molar-refractivity contribution is 5.93. The molecule has 0 unspecified atom stereocenters. The van der Waals surface area contributed by atoms with Gasteiger partial charge in [0.15, 0.2) is 18.0 Å². The molecular weight excluding hydrogens is 464 g/mol. The Morgan fingerprint density at radius 3 is 2.50 bits per heavy atom. The second kappa shape index (κ2) is 8.96. The summed E-state index contributed by atoms with van der Waals surface area (Å²) in [6, 6.07) is 0. The Labute approximate surface area is 212 Å². The molecule has 8 nitrogen and oxygen atoms in total. The number of fused-ring (bicyclic) bond motifs is 5. The first-order chi connectivity index (χ1) is 17.1. The second-order valence-electron chi connectivity index (χ2n) is 12.0. The zero-order chi connectivity index (χ0) is 25.9. The molecule has 5 rings (SSSR count). The van der Waals surface area contributed by atoms with Gasteiger partial charge in [0, 0.05) is 11.8 Å². The van der Waals surface area contributed by atoms with Gasteiger partial charge in [0.2, 0.25) is 5.78 Å². The molecule has 0 aromatic rings. The minimum atomic E-state index is -1.53. The van der Waals surface area contributed by atoms with E-state index in [0.717, 1.165) is 37.7 Å². The van der Waals surface area contributed by atoms with Gasteiger partial charge in [-0.1, -0.05) is 19.4 Å². The lowest BCUT2D eigenvalue weighted by Gasteiger charge is -2.60. The summed E-state index contributed by atoms with van der Waals surface area (Å²) in [4.78, 5) is 50.7. The van der Waals surface area contributed by atoms with Crippen molar-refractivity contribution < 1.29 is 38.5 Å². The number of aliphatic hydroxyl groups excluding tert-OH is 1. The highest BCUT2D eigenvalue weighted by Crippen LogP contribution is 2.68. The normalized spacial score (nSPS) is 41.3. The van der Waals surface area contributed by atoms with Crippen LogP contribution in [0.2, 0.25) is 0 Å². The van der Waals surface area contributed by atoms with Crippen molar-refractivity contribution in [3.8, 4) is 0 Å². The number of carbonyl (C=O) groups is 4. The van der Waals surface area contributed by atoms with E-state index in [1.165, 1.54) is 0 Å². The number of carbonyl (C=O) groups excluding carboxylic acids is 4. The van der Waals surface area contributed by atoms with E-state index in [1.807, 2.05) is 6.92 Å². The number of aliphatic hydroxyl groups is 1. The molecule has 0 radical (unpaired) electrons. The SMILES string of the molecule is CCOC(=O)O[C@]1(C(=O)COC(=O)C2CC2)CC[C@H]2[C@@H]3CCC4=CC(=O)CC[C@]4(C)[C@H]3[C@@H](O)C[C@@]21C. The van der Waals surface area contributed by atoms with E-state index in [-0.39, 0.29) is 53.9 Å². The maximum Gasteiger partial charge on any atom is 0.509 e. The number of ether oxygens (including phenoxy) is 3. The summed E-state index contributed by atoms with van der Waals surface area (Å²) in [5.41, 5.74) is -1.47. The first kappa shape index (κ1) is 25.4. The molecule has 5 aliphatic carbocycles. The first-order valence-corrected chi connectivity index (χ1v) is 13.5. The van der Waals surface area contributed by atoms with Crippen LogP contribution in [0.3, 0.4) is 0 Å². The molecule has 0 heterocycles. The van der Waals surface area contributed by atoms with Crippen LogP contribution in [0, 0.1) is 34.5 Å². The van der Waals surface area contributed by atoms with Crippen molar-refractivity contribution in [3.63, 3.8) is 0 Å². The molecule has 0 bridgehead atoms. The highest BCUT2D eigenvalue weighted by Gasteiger charge is 2.70. The van der Waals surface area contributed by atoms with Crippen molar-refractivity contribution in [2.45, 2.75) is 90.3 Å². The van der Waals surface area contributed by atoms with Gasteiger partial charge in [-0.15, -0.1) is 0 Å². The number of esters is 1. The second-order valence-corrected chi connectivity index (χ2v) is 12.0. The van der Waals surface area contributed by atoms with Crippen LogP contribution in [-0.4, -0.2) is 53.7 Å². The maximum atomic E-state index is 13.8. The zero-order valence-corrected chi connectivity index (χ0v) is 21.5. The van der Waals surface area contributed by atoms with E-state index in [0.29, 0.717) is 19.3 Å². The summed E-state index contributed by atoms with van der Waals surface area (Å²) in [7, 11) is 0. The third-order valence-corrected chi connectivity index (χ3v) is 10.2. The smallest absolute Gasteiger partial charge is 0.457 e. The van der Waals surface area contributed by atoms with Crippen LogP contribution >= 0.6 is 0 Å². The van der Waals surface area contributed by atoms with Crippen molar-refractivity contribution in [2.24, 2.45) is 34.5 Å². The Morgan fingerprint density at radius 1 is 1.06 bits per heavy atom. The molecule has 0 aliphatic heterocycles. The lowest BCUT2D eigenvalue weighted by molar-refractivity contribution is -0.189. The molecule has 0 spiro atoms. The van der Waals surface area contributed by atoms with Gasteiger partial charge in [0.1, 0.15) is 0 Å². The van der Waals surface area contributed by atoms with E-state index < -0.39 is 35.7 Å². The molecule has 198 valence electrons. The average Bonchev–Trinajstić information content (AvgIpc) is 3.63. The van der Waals surface area contributed by atoms with Crippen LogP contribution in [0.5, 0.6) is 0 Å². The van der Waals surface area contributed by atoms with Gasteiger partial charge >= 0.3 is 12.1 Å². The van der Waals surface area contributed by atoms with Gasteiger partial charge in [-0.25, -0.2) is 4.79 Å². The van der Waals surface area contributed by atoms with E-state index in [9.17, 15) is 24.3 Å². The van der Waals surface area contributed by atoms with Gasteiger partial charge in [-0.05, 0) is 87.5 Å². The summed E-state index contributed by atoms with van der Waals surface area (Å²) in [6.07, 6.45) is 5.78. The Balaban J connectivity index is 1.47. The summed E-state index contributed by atoms with van der Waals surface area (Å²) in [5, 5.41) is 11.7. The maximum absolute atomic E-state index is 13.8. The summed E-state index contributed by atoms with van der Waals surface area (Å²) in [6.45, 7) is 5.45. The lowest BCUT2D eigenvalue weighted by atomic mass is 9.45. The predicted octanol–water partition coefficient (Wildman–Crippen LogP) is 3.92. The molecule has 4 fully saturated rings. The van der Waals surface area contributed by atoms with Crippen LogP contribution < -0.4 is 0 Å². The fourth-order valence-corrected chi connectivity index (χ4v) is 8.34. The first-order valence-electron chi connectivity index (χ1n) is 13.5. The van der Waals surface area contributed by atoms with Crippen molar-refractivity contribution >= 4 is 23.7 Å². The molecule has 0 aromatic carbocycles. The van der Waals surface area contributed by atoms with Crippen LogP contribution in [0.15, 0.2) is 11.6 Å². The molecule has 0 amide bonds. The van der Waals surface area contributed by atoms with Crippen molar-refractivity contribution in [3.05, 3.63) is 11.6 Å². The van der Waals surface area contributed by atoms with Crippen molar-refractivity contribution in [1.29, 1.82) is 0 Å². The molecule has 5 aliphatic rings. The van der Waals surface area contributed by atoms with Gasteiger partial charge in [-0.2, -0.15) is 0 Å². The third kappa shape index (κ3) is 3.82. The van der Waals surface area contributed by atoms with Crippen LogP contribution in [0.25, 0.3) is 0 Å². The van der Waals surface area contributed by atoms with E-state index >= 15 is 0 Å². The predicted molar refractivity (Wildman–Crippen MR) is 128 cm³/mol. The Morgan fingerprint density at radius 2 is 1.81 bits per heavy atom. The highest BCUT2D eigenvalue weighted by atomic mass is 16.7. The largest absolute Gasteiger partial charge is 0.509 e. The number of allylic oxidation sites excluding steroid dienone is 1. The number of hydrogen-bond acceptors (Lipinski definition) is 8. The van der Waals surface area contributed by atoms with Gasteiger partial charge < -0.3 is 19.3 Å². The number of Topliss-reactive ketones (excluding diaryl/α,β-unsaturated/α-hetero) is 1. The van der Waals surface area contributed by atoms with Crippen LogP contribution in [0.1, 0.15) is 78.6 Å². The quantitative estimate of drug-likeness (QED) is 0.543. The molecule has 0 aromatic heterocycles. The van der Waals surface area contributed by atoms with E-state index in [1.54, 1.807) is 13.0 Å². The summed E-state index contributed by atoms with van der Waals surface area (Å²) >= 11 is 0. The van der Waals surface area contributed by atoms with E-state index in [4.69, 9.17) is 14.2 Å². The number of rotatable bonds is 6. The molecule has 4 saturated carbocycles. The molecular formula is C28H38O8. The Kier molecular flexibility index (Phi) is 6.33. The Bertz CT molecular complexity index is 998. The topological polar surface area (TPSA) is 116 Å². The Hall–Kier alpha value is -2.22. The van der Waals surface area contributed by atoms with Crippen LogP contribution in [-0.2, 0) is 28.6 Å². The van der Waals surface area contributed by atoms with Gasteiger partial charge in [0.05, 0.1) is 18.6 Å². The minimum absolute atomic E-state index is 0.0233. The van der Waals surface area contributed by atoms with Crippen molar-refractivity contribution in [2.75, 3.05) is 13.2 Å². The third-order valence-electron chi connectivity index (χ3n) is 10.2. The molecule has 1 N–H and O–H groups in total. The summed E-state index contributed by atoms with van der Waals surface area (Å²) in [5.74, 6) is -0.662. The zero-order valence-electron chi connectivity index (χ0n) is 21.5. The fourth-order valence-electron chi connectivity index (χ4n) is 8.34. The molecule has 7 atom stereocenters. The molecule has 36 heavy (non-hydrogen) atoms.